The van der Waals surface area contributed by atoms with Gasteiger partial charge in [-0.2, -0.15) is 18.3 Å². The van der Waals surface area contributed by atoms with E-state index >= 15 is 0 Å². The Hall–Kier alpha value is -3.30. The zero-order valence-corrected chi connectivity index (χ0v) is 18.0. The number of aromatic amines is 1. The van der Waals surface area contributed by atoms with Crippen LogP contribution >= 0.6 is 0 Å². The Bertz CT molecular complexity index is 1140. The molecule has 0 saturated carbocycles. The van der Waals surface area contributed by atoms with E-state index in [2.05, 4.69) is 20.5 Å². The highest BCUT2D eigenvalue weighted by molar-refractivity contribution is 5.95. The molecule has 2 N–H and O–H groups in total. The lowest BCUT2D eigenvalue weighted by atomic mass is 10.0. The standard InChI is InChI=1S/C22H24F3N5O2/c1-12(2)26-19-18-15(22(23,24)25)11-16(27-20(18)29-28-19)17-8-5-9-30(17)21(31)13-6-4-7-14(10-13)32-3/h4,6-7,10-12,17H,5,8-9H2,1-3H3,(H2,26,27,28,29). The van der Waals surface area contributed by atoms with Crippen molar-refractivity contribution >= 4 is 22.8 Å². The minimum atomic E-state index is -4.60. The van der Waals surface area contributed by atoms with E-state index in [0.717, 1.165) is 6.07 Å². The fraction of sp³-hybridized carbons (Fsp3) is 0.409. The van der Waals surface area contributed by atoms with Crippen LogP contribution in [0.25, 0.3) is 11.0 Å². The van der Waals surface area contributed by atoms with E-state index < -0.39 is 17.8 Å². The smallest absolute Gasteiger partial charge is 0.417 e. The van der Waals surface area contributed by atoms with E-state index in [1.165, 1.54) is 7.11 Å². The number of nitrogens with zero attached hydrogens (tertiary/aromatic N) is 3. The van der Waals surface area contributed by atoms with E-state index in [1.54, 1.807) is 29.2 Å². The second-order valence-corrected chi connectivity index (χ2v) is 8.08. The lowest BCUT2D eigenvalue weighted by molar-refractivity contribution is -0.136. The third kappa shape index (κ3) is 4.09. The number of alkyl halides is 3. The Morgan fingerprint density at radius 2 is 2.09 bits per heavy atom. The van der Waals surface area contributed by atoms with Gasteiger partial charge in [-0.3, -0.25) is 9.89 Å². The SMILES string of the molecule is COc1cccc(C(=O)N2CCCC2c2cc(C(F)(F)F)c3c(NC(C)C)n[nH]c3n2)c1. The van der Waals surface area contributed by atoms with Crippen molar-refractivity contribution in [3.8, 4) is 5.75 Å². The van der Waals surface area contributed by atoms with Crippen LogP contribution in [0.15, 0.2) is 30.3 Å². The van der Waals surface area contributed by atoms with Crippen molar-refractivity contribution in [1.82, 2.24) is 20.1 Å². The summed E-state index contributed by atoms with van der Waals surface area (Å²) in [5, 5.41) is 9.45. The molecule has 170 valence electrons. The monoisotopic (exact) mass is 447 g/mol. The van der Waals surface area contributed by atoms with Gasteiger partial charge in [0.1, 0.15) is 5.75 Å². The number of carbonyl (C=O) groups excluding carboxylic acids is 1. The van der Waals surface area contributed by atoms with Crippen LogP contribution in [0.1, 0.15) is 54.3 Å². The van der Waals surface area contributed by atoms with Crippen molar-refractivity contribution in [3.63, 3.8) is 0 Å². The van der Waals surface area contributed by atoms with Crippen molar-refractivity contribution in [2.24, 2.45) is 0 Å². The summed E-state index contributed by atoms with van der Waals surface area (Å²) in [5.74, 6) is 0.374. The van der Waals surface area contributed by atoms with E-state index in [1.807, 2.05) is 13.8 Å². The highest BCUT2D eigenvalue weighted by atomic mass is 19.4. The second-order valence-electron chi connectivity index (χ2n) is 8.08. The van der Waals surface area contributed by atoms with Crippen molar-refractivity contribution in [2.75, 3.05) is 19.0 Å². The van der Waals surface area contributed by atoms with Crippen molar-refractivity contribution < 1.29 is 22.7 Å². The van der Waals surface area contributed by atoms with Crippen LogP contribution in [0.4, 0.5) is 19.0 Å². The Balaban J connectivity index is 1.76. The fourth-order valence-electron chi connectivity index (χ4n) is 4.06. The van der Waals surface area contributed by atoms with Crippen LogP contribution in [0, 0.1) is 0 Å². The van der Waals surface area contributed by atoms with Gasteiger partial charge in [-0.25, -0.2) is 4.98 Å². The summed E-state index contributed by atoms with van der Waals surface area (Å²) < 4.78 is 47.2. The number of benzene rings is 1. The van der Waals surface area contributed by atoms with Gasteiger partial charge in [0, 0.05) is 18.2 Å². The molecule has 1 aromatic carbocycles. The highest BCUT2D eigenvalue weighted by Gasteiger charge is 2.38. The first-order valence-electron chi connectivity index (χ1n) is 10.4. The van der Waals surface area contributed by atoms with Crippen LogP contribution in [0.5, 0.6) is 5.75 Å². The summed E-state index contributed by atoms with van der Waals surface area (Å²) in [6.45, 7) is 4.07. The van der Waals surface area contributed by atoms with Crippen LogP contribution in [-0.4, -0.2) is 45.7 Å². The summed E-state index contributed by atoms with van der Waals surface area (Å²) >= 11 is 0. The van der Waals surface area contributed by atoms with Gasteiger partial charge in [0.2, 0.25) is 0 Å². The molecule has 1 amide bonds. The summed E-state index contributed by atoms with van der Waals surface area (Å²) in [6, 6.07) is 7.09. The van der Waals surface area contributed by atoms with Crippen LogP contribution in [-0.2, 0) is 6.18 Å². The number of carbonyl (C=O) groups is 1. The summed E-state index contributed by atoms with van der Waals surface area (Å²) in [6.07, 6.45) is -3.41. The number of anilines is 1. The number of amides is 1. The molecule has 3 heterocycles. The van der Waals surface area contributed by atoms with E-state index in [0.29, 0.717) is 30.7 Å². The quantitative estimate of drug-likeness (QED) is 0.588. The Labute approximate surface area is 183 Å². The molecular formula is C22H24F3N5O2. The molecule has 10 heteroatoms. The largest absolute Gasteiger partial charge is 0.497 e. The van der Waals surface area contributed by atoms with E-state index in [9.17, 15) is 18.0 Å². The maximum Gasteiger partial charge on any atom is 0.417 e. The third-order valence-corrected chi connectivity index (χ3v) is 5.45. The molecule has 0 radical (unpaired) electrons. The van der Waals surface area contributed by atoms with Gasteiger partial charge in [-0.15, -0.1) is 0 Å². The molecule has 4 rings (SSSR count). The lowest BCUT2D eigenvalue weighted by Crippen LogP contribution is -2.31. The van der Waals surface area contributed by atoms with E-state index in [-0.39, 0.29) is 34.5 Å². The third-order valence-electron chi connectivity index (χ3n) is 5.45. The Kier molecular flexibility index (Phi) is 5.70. The molecule has 1 atom stereocenters. The fourth-order valence-corrected chi connectivity index (χ4v) is 4.06. The van der Waals surface area contributed by atoms with Crippen molar-refractivity contribution in [2.45, 2.75) is 44.9 Å². The number of H-pyrrole nitrogens is 1. The Morgan fingerprint density at radius 1 is 1.31 bits per heavy atom. The number of aromatic nitrogens is 3. The molecule has 32 heavy (non-hydrogen) atoms. The number of hydrogen-bond acceptors (Lipinski definition) is 5. The molecule has 3 aromatic rings. The van der Waals surface area contributed by atoms with Gasteiger partial charge in [0.05, 0.1) is 29.8 Å². The number of likely N-dealkylation sites (tertiary alicyclic amines) is 1. The number of hydrogen-bond donors (Lipinski definition) is 2. The van der Waals surface area contributed by atoms with Crippen LogP contribution < -0.4 is 10.1 Å². The predicted molar refractivity (Wildman–Crippen MR) is 114 cm³/mol. The minimum Gasteiger partial charge on any atom is -0.497 e. The molecule has 2 aromatic heterocycles. The number of rotatable bonds is 5. The second kappa shape index (κ2) is 8.33. The minimum absolute atomic E-state index is 0.0404. The molecule has 0 bridgehead atoms. The molecule has 0 spiro atoms. The van der Waals surface area contributed by atoms with Crippen LogP contribution in [0.2, 0.25) is 0 Å². The number of methoxy groups -OCH3 is 1. The van der Waals surface area contributed by atoms with Crippen LogP contribution in [0.3, 0.4) is 0 Å². The maximum atomic E-state index is 14.0. The molecule has 1 fully saturated rings. The summed E-state index contributed by atoms with van der Waals surface area (Å²) in [4.78, 5) is 19.2. The first-order chi connectivity index (χ1) is 15.2. The molecule has 7 nitrogen and oxygen atoms in total. The average molecular weight is 447 g/mol. The molecule has 1 unspecified atom stereocenters. The van der Waals surface area contributed by atoms with Gasteiger partial charge in [0.25, 0.3) is 5.91 Å². The lowest BCUT2D eigenvalue weighted by Gasteiger charge is -2.25. The average Bonchev–Trinajstić information content (AvgIpc) is 3.39. The van der Waals surface area contributed by atoms with Gasteiger partial charge < -0.3 is 15.0 Å². The highest BCUT2D eigenvalue weighted by Crippen LogP contribution is 2.41. The van der Waals surface area contributed by atoms with Crippen molar-refractivity contribution in [1.29, 1.82) is 0 Å². The number of ether oxygens (including phenoxy) is 1. The zero-order valence-electron chi connectivity index (χ0n) is 18.0. The first kappa shape index (κ1) is 21.9. The van der Waals surface area contributed by atoms with Gasteiger partial charge >= 0.3 is 6.18 Å². The number of pyridine rings is 1. The van der Waals surface area contributed by atoms with Crippen molar-refractivity contribution in [3.05, 3.63) is 47.2 Å². The number of nitrogens with one attached hydrogen (secondary N) is 2. The summed E-state index contributed by atoms with van der Waals surface area (Å²) in [7, 11) is 1.51. The van der Waals surface area contributed by atoms with Gasteiger partial charge in [0.15, 0.2) is 11.5 Å². The molecule has 1 aliphatic heterocycles. The molecule has 0 aliphatic carbocycles. The first-order valence-corrected chi connectivity index (χ1v) is 10.4. The topological polar surface area (TPSA) is 83.1 Å². The van der Waals surface area contributed by atoms with Gasteiger partial charge in [-0.05, 0) is 51.0 Å². The number of halogens is 3. The van der Waals surface area contributed by atoms with E-state index in [4.69, 9.17) is 4.74 Å². The maximum absolute atomic E-state index is 14.0. The summed E-state index contributed by atoms with van der Waals surface area (Å²) in [5.41, 5.74) is -0.176. The Morgan fingerprint density at radius 3 is 2.78 bits per heavy atom. The molecular weight excluding hydrogens is 423 g/mol. The molecule has 1 aliphatic rings. The van der Waals surface area contributed by atoms with Gasteiger partial charge in [-0.1, -0.05) is 6.07 Å². The molecule has 1 saturated heterocycles. The number of fused-ring (bicyclic) bond motifs is 1. The normalized spacial score (nSPS) is 16.7. The zero-order chi connectivity index (χ0) is 23.0. The predicted octanol–water partition coefficient (Wildman–Crippen LogP) is 4.78.